The highest BCUT2D eigenvalue weighted by Gasteiger charge is 2.17. The normalized spacial score (nSPS) is 15.4. The molecule has 0 saturated carbocycles. The Kier molecular flexibility index (Phi) is 7.52. The molecule has 1 aromatic carbocycles. The number of aliphatic hydroxyl groups excluding tert-OH is 2. The Hall–Kier alpha value is -1.16. The van der Waals surface area contributed by atoms with Crippen LogP contribution in [0.5, 0.6) is 0 Å². The van der Waals surface area contributed by atoms with Crippen LogP contribution in [0.4, 0.5) is 0 Å². The highest BCUT2D eigenvalue weighted by Crippen LogP contribution is 2.13. The molecule has 3 nitrogen and oxygen atoms in total. The minimum absolute atomic E-state index is 0.000996. The van der Waals surface area contributed by atoms with Crippen LogP contribution in [-0.4, -0.2) is 29.0 Å². The van der Waals surface area contributed by atoms with Gasteiger partial charge in [-0.3, -0.25) is 0 Å². The number of benzene rings is 1. The molecule has 0 radical (unpaired) electrons. The Morgan fingerprint density at radius 3 is 2.45 bits per heavy atom. The molecule has 20 heavy (non-hydrogen) atoms. The number of hydrogen-bond acceptors (Lipinski definition) is 3. The van der Waals surface area contributed by atoms with Gasteiger partial charge in [0.15, 0.2) is 0 Å². The van der Waals surface area contributed by atoms with Gasteiger partial charge in [-0.15, -0.1) is 0 Å². The van der Waals surface area contributed by atoms with Gasteiger partial charge in [0, 0.05) is 12.3 Å². The van der Waals surface area contributed by atoms with E-state index in [2.05, 4.69) is 0 Å². The molecule has 0 heterocycles. The molecule has 2 N–H and O–H groups in total. The summed E-state index contributed by atoms with van der Waals surface area (Å²) in [6.45, 7) is 6.83. The van der Waals surface area contributed by atoms with Crippen LogP contribution in [0.25, 0.3) is 0 Å². The Balaban J connectivity index is 2.28. The van der Waals surface area contributed by atoms with Crippen LogP contribution in [0.15, 0.2) is 42.0 Å². The van der Waals surface area contributed by atoms with E-state index in [1.54, 1.807) is 6.08 Å². The molecule has 0 fully saturated rings. The number of allylic oxidation sites excluding steroid dienone is 1. The van der Waals surface area contributed by atoms with E-state index in [1.165, 1.54) is 0 Å². The van der Waals surface area contributed by atoms with Crippen molar-refractivity contribution in [3.63, 3.8) is 0 Å². The van der Waals surface area contributed by atoms with E-state index in [0.29, 0.717) is 19.6 Å². The van der Waals surface area contributed by atoms with E-state index in [9.17, 15) is 10.2 Å². The van der Waals surface area contributed by atoms with Gasteiger partial charge in [0.2, 0.25) is 0 Å². The summed E-state index contributed by atoms with van der Waals surface area (Å²) in [7, 11) is 0. The quantitative estimate of drug-likeness (QED) is 0.719. The Morgan fingerprint density at radius 1 is 1.20 bits per heavy atom. The first-order chi connectivity index (χ1) is 9.49. The molecular formula is C17H26O3. The summed E-state index contributed by atoms with van der Waals surface area (Å²) < 4.78 is 5.61. The summed E-state index contributed by atoms with van der Waals surface area (Å²) in [5.74, 6) is -0.000996. The smallest absolute Gasteiger partial charge is 0.0748 e. The van der Waals surface area contributed by atoms with Gasteiger partial charge in [-0.1, -0.05) is 48.9 Å². The molecule has 1 aromatic rings. The van der Waals surface area contributed by atoms with Crippen molar-refractivity contribution in [1.82, 2.24) is 0 Å². The molecule has 0 aliphatic carbocycles. The lowest BCUT2D eigenvalue weighted by atomic mass is 9.99. The maximum absolute atomic E-state index is 10.0. The summed E-state index contributed by atoms with van der Waals surface area (Å²) in [5, 5.41) is 19.8. The van der Waals surface area contributed by atoms with Crippen molar-refractivity contribution >= 4 is 0 Å². The molecule has 0 unspecified atom stereocenters. The average molecular weight is 278 g/mol. The van der Waals surface area contributed by atoms with Gasteiger partial charge in [-0.25, -0.2) is 0 Å². The Labute approximate surface area is 121 Å². The summed E-state index contributed by atoms with van der Waals surface area (Å²) in [6.07, 6.45) is 0.963. The molecule has 3 atom stereocenters. The fraction of sp³-hybridized carbons (Fsp3) is 0.529. The molecule has 0 spiro atoms. The number of aliphatic hydroxyl groups is 2. The fourth-order valence-corrected chi connectivity index (χ4v) is 1.98. The zero-order chi connectivity index (χ0) is 15.0. The van der Waals surface area contributed by atoms with Crippen LogP contribution in [0, 0.1) is 5.92 Å². The lowest BCUT2D eigenvalue weighted by Gasteiger charge is -2.20. The van der Waals surface area contributed by atoms with E-state index in [1.807, 2.05) is 51.1 Å². The first kappa shape index (κ1) is 16.9. The van der Waals surface area contributed by atoms with Crippen molar-refractivity contribution in [2.45, 2.75) is 46.0 Å². The predicted molar refractivity (Wildman–Crippen MR) is 81.3 cm³/mol. The van der Waals surface area contributed by atoms with Gasteiger partial charge in [0.05, 0.1) is 25.4 Å². The number of hydrogen-bond donors (Lipinski definition) is 2. The number of rotatable bonds is 8. The van der Waals surface area contributed by atoms with Crippen molar-refractivity contribution in [2.24, 2.45) is 5.92 Å². The van der Waals surface area contributed by atoms with Crippen molar-refractivity contribution in [3.8, 4) is 0 Å². The fourth-order valence-electron chi connectivity index (χ4n) is 1.98. The minimum Gasteiger partial charge on any atom is -0.393 e. The number of ether oxygens (including phenoxy) is 1. The lowest BCUT2D eigenvalue weighted by Crippen LogP contribution is -2.26. The van der Waals surface area contributed by atoms with Gasteiger partial charge in [-0.2, -0.15) is 0 Å². The molecule has 0 aromatic heterocycles. The molecular weight excluding hydrogens is 252 g/mol. The van der Waals surface area contributed by atoms with E-state index in [4.69, 9.17) is 4.74 Å². The highest BCUT2D eigenvalue weighted by atomic mass is 16.5. The van der Waals surface area contributed by atoms with Crippen molar-refractivity contribution < 1.29 is 14.9 Å². The van der Waals surface area contributed by atoms with Crippen molar-refractivity contribution in [1.29, 1.82) is 0 Å². The van der Waals surface area contributed by atoms with Crippen LogP contribution in [0.1, 0.15) is 32.8 Å². The van der Waals surface area contributed by atoms with Crippen LogP contribution >= 0.6 is 0 Å². The maximum atomic E-state index is 10.0. The second kappa shape index (κ2) is 8.90. The zero-order valence-corrected chi connectivity index (χ0v) is 12.6. The van der Waals surface area contributed by atoms with Crippen LogP contribution in [0.3, 0.4) is 0 Å². The largest absolute Gasteiger partial charge is 0.393 e. The molecule has 112 valence electrons. The zero-order valence-electron chi connectivity index (χ0n) is 12.6. The molecule has 0 saturated heterocycles. The van der Waals surface area contributed by atoms with Gasteiger partial charge >= 0.3 is 0 Å². The first-order valence-corrected chi connectivity index (χ1v) is 7.12. The summed E-state index contributed by atoms with van der Waals surface area (Å²) in [4.78, 5) is 0. The molecule has 3 heteroatoms. The highest BCUT2D eigenvalue weighted by molar-refractivity contribution is 5.13. The van der Waals surface area contributed by atoms with Gasteiger partial charge in [0.25, 0.3) is 0 Å². The standard InChI is InChI=1S/C17H26O3/c1-13(2)9-16(18)10-17(19)14(3)11-20-12-15-7-5-4-6-8-15/h4-9,14,16-19H,10-12H2,1-3H3/t14-,16-,17+/m1/s1. The maximum Gasteiger partial charge on any atom is 0.0748 e. The van der Waals surface area contributed by atoms with E-state index in [0.717, 1.165) is 11.1 Å². The second-order valence-electron chi connectivity index (χ2n) is 5.59. The summed E-state index contributed by atoms with van der Waals surface area (Å²) in [5.41, 5.74) is 2.18. The van der Waals surface area contributed by atoms with E-state index in [-0.39, 0.29) is 5.92 Å². The van der Waals surface area contributed by atoms with Crippen LogP contribution in [-0.2, 0) is 11.3 Å². The Bertz CT molecular complexity index is 396. The third-order valence-corrected chi connectivity index (χ3v) is 3.16. The topological polar surface area (TPSA) is 49.7 Å². The van der Waals surface area contributed by atoms with E-state index < -0.39 is 12.2 Å². The SMILES string of the molecule is CC(C)=C[C@@H](O)C[C@H](O)[C@H](C)COCc1ccccc1. The van der Waals surface area contributed by atoms with E-state index >= 15 is 0 Å². The molecule has 0 bridgehead atoms. The molecule has 0 amide bonds. The lowest BCUT2D eigenvalue weighted by molar-refractivity contribution is 0.0100. The third kappa shape index (κ3) is 6.85. The summed E-state index contributed by atoms with van der Waals surface area (Å²) >= 11 is 0. The molecule has 1 rings (SSSR count). The van der Waals surface area contributed by atoms with Crippen LogP contribution in [0.2, 0.25) is 0 Å². The summed E-state index contributed by atoms with van der Waals surface area (Å²) in [6, 6.07) is 9.96. The van der Waals surface area contributed by atoms with Crippen molar-refractivity contribution in [3.05, 3.63) is 47.5 Å². The minimum atomic E-state index is -0.591. The first-order valence-electron chi connectivity index (χ1n) is 7.12. The third-order valence-electron chi connectivity index (χ3n) is 3.16. The second-order valence-corrected chi connectivity index (χ2v) is 5.59. The monoisotopic (exact) mass is 278 g/mol. The van der Waals surface area contributed by atoms with Crippen molar-refractivity contribution in [2.75, 3.05) is 6.61 Å². The Morgan fingerprint density at radius 2 is 1.85 bits per heavy atom. The average Bonchev–Trinajstić information content (AvgIpc) is 2.38. The van der Waals surface area contributed by atoms with Gasteiger partial charge < -0.3 is 14.9 Å². The van der Waals surface area contributed by atoms with Crippen LogP contribution < -0.4 is 0 Å². The predicted octanol–water partition coefficient (Wildman–Crippen LogP) is 2.92. The van der Waals surface area contributed by atoms with Gasteiger partial charge in [-0.05, 0) is 19.4 Å². The molecule has 0 aliphatic heterocycles. The molecule has 0 aliphatic rings. The van der Waals surface area contributed by atoms with Gasteiger partial charge in [0.1, 0.15) is 0 Å².